The molecule has 0 aliphatic carbocycles. The molecule has 1 heterocycles. The fourth-order valence-electron chi connectivity index (χ4n) is 2.42. The van der Waals surface area contributed by atoms with Crippen molar-refractivity contribution in [2.45, 2.75) is 6.54 Å². The number of amides is 1. The molecular weight excluding hydrogens is 297 g/mol. The number of carbonyl (C=O) groups excluding carboxylic acids is 1. The van der Waals surface area contributed by atoms with Crippen molar-refractivity contribution >= 4 is 17.0 Å². The van der Waals surface area contributed by atoms with Gasteiger partial charge in [0, 0.05) is 18.2 Å². The van der Waals surface area contributed by atoms with Gasteiger partial charge in [-0.25, -0.2) is 9.37 Å². The fraction of sp³-hybridized carbons (Fsp3) is 0.176. The van der Waals surface area contributed by atoms with Gasteiger partial charge < -0.3 is 15.1 Å². The van der Waals surface area contributed by atoms with E-state index in [1.54, 1.807) is 0 Å². The highest BCUT2D eigenvalue weighted by atomic mass is 19.1. The lowest BCUT2D eigenvalue weighted by Crippen LogP contribution is -2.11. The molecule has 2 aromatic carbocycles. The van der Waals surface area contributed by atoms with Crippen LogP contribution in [0.2, 0.25) is 0 Å². The van der Waals surface area contributed by atoms with Crippen molar-refractivity contribution < 1.29 is 13.6 Å². The smallest absolute Gasteiger partial charge is 0.252 e. The second-order valence-electron chi connectivity index (χ2n) is 5.62. The van der Waals surface area contributed by atoms with Crippen LogP contribution in [-0.2, 0) is 6.54 Å². The third-order valence-corrected chi connectivity index (χ3v) is 3.42. The number of nitrogens with zero attached hydrogens (tertiary/aromatic N) is 2. The second-order valence-corrected chi connectivity index (χ2v) is 5.62. The number of carbonyl (C=O) groups is 1. The lowest BCUT2D eigenvalue weighted by atomic mass is 10.1. The van der Waals surface area contributed by atoms with Gasteiger partial charge in [-0.15, -0.1) is 0 Å². The minimum absolute atomic E-state index is 0.0111. The highest BCUT2D eigenvalue weighted by molar-refractivity contribution is 6.03. The van der Waals surface area contributed by atoms with Crippen molar-refractivity contribution in [3.63, 3.8) is 0 Å². The monoisotopic (exact) mass is 313 g/mol. The molecule has 0 bridgehead atoms. The van der Waals surface area contributed by atoms with Gasteiger partial charge in [-0.05, 0) is 37.9 Å². The molecule has 0 spiro atoms. The average Bonchev–Trinajstić information content (AvgIpc) is 2.90. The second kappa shape index (κ2) is 5.81. The quantitative estimate of drug-likeness (QED) is 0.804. The predicted octanol–water partition coefficient (Wildman–Crippen LogP) is 2.79. The first-order valence-electron chi connectivity index (χ1n) is 7.08. The minimum atomic E-state index is -0.751. The lowest BCUT2D eigenvalue weighted by molar-refractivity contribution is 0.100. The number of rotatable bonds is 4. The molecule has 3 rings (SSSR count). The van der Waals surface area contributed by atoms with Gasteiger partial charge in [0.05, 0.1) is 5.56 Å². The molecule has 1 amide bonds. The van der Waals surface area contributed by atoms with Gasteiger partial charge in [-0.1, -0.05) is 12.1 Å². The maximum absolute atomic E-state index is 13.5. The lowest BCUT2D eigenvalue weighted by Gasteiger charge is -2.09. The van der Waals surface area contributed by atoms with E-state index in [4.69, 9.17) is 10.2 Å². The standard InChI is InChI=1S/C17H16FN3O2/c1-21(2)9-10-3-5-11(6-4-10)17-20-14-8-12(18)7-13(16(19)22)15(14)23-17/h3-8H,9H2,1-2H3,(H2,19,22). The number of hydrogen-bond donors (Lipinski definition) is 1. The zero-order valence-electron chi connectivity index (χ0n) is 12.8. The predicted molar refractivity (Wildman–Crippen MR) is 85.3 cm³/mol. The maximum Gasteiger partial charge on any atom is 0.252 e. The molecule has 0 aliphatic heterocycles. The molecule has 6 heteroatoms. The van der Waals surface area contributed by atoms with Gasteiger partial charge in [0.1, 0.15) is 11.3 Å². The Bertz CT molecular complexity index is 869. The molecule has 1 aromatic heterocycles. The topological polar surface area (TPSA) is 72.4 Å². The van der Waals surface area contributed by atoms with E-state index in [0.717, 1.165) is 23.7 Å². The van der Waals surface area contributed by atoms with E-state index in [1.807, 2.05) is 38.4 Å². The van der Waals surface area contributed by atoms with Crippen LogP contribution in [0.5, 0.6) is 0 Å². The fourth-order valence-corrected chi connectivity index (χ4v) is 2.42. The number of fused-ring (bicyclic) bond motifs is 1. The van der Waals surface area contributed by atoms with Crippen molar-refractivity contribution in [3.8, 4) is 11.5 Å². The Kier molecular flexibility index (Phi) is 3.83. The van der Waals surface area contributed by atoms with Crippen LogP contribution in [0.3, 0.4) is 0 Å². The first-order chi connectivity index (χ1) is 10.9. The molecule has 23 heavy (non-hydrogen) atoms. The summed E-state index contributed by atoms with van der Waals surface area (Å²) < 4.78 is 19.2. The maximum atomic E-state index is 13.5. The van der Waals surface area contributed by atoms with Crippen molar-refractivity contribution in [1.82, 2.24) is 9.88 Å². The number of primary amides is 1. The van der Waals surface area contributed by atoms with Gasteiger partial charge in [-0.3, -0.25) is 4.79 Å². The number of halogens is 1. The summed E-state index contributed by atoms with van der Waals surface area (Å²) in [5.41, 5.74) is 7.62. The molecule has 0 saturated carbocycles. The first kappa shape index (κ1) is 15.2. The van der Waals surface area contributed by atoms with Gasteiger partial charge in [0.15, 0.2) is 5.58 Å². The molecule has 3 aromatic rings. The largest absolute Gasteiger partial charge is 0.435 e. The summed E-state index contributed by atoms with van der Waals surface area (Å²) in [4.78, 5) is 17.7. The Morgan fingerprint density at radius 2 is 1.96 bits per heavy atom. The molecule has 0 saturated heterocycles. The molecule has 5 nitrogen and oxygen atoms in total. The van der Waals surface area contributed by atoms with E-state index in [2.05, 4.69) is 9.88 Å². The van der Waals surface area contributed by atoms with E-state index < -0.39 is 11.7 Å². The van der Waals surface area contributed by atoms with Crippen LogP contribution < -0.4 is 5.73 Å². The average molecular weight is 313 g/mol. The SMILES string of the molecule is CN(C)Cc1ccc(-c2nc3cc(F)cc(C(N)=O)c3o2)cc1. The molecular formula is C17H16FN3O2. The number of aromatic nitrogens is 1. The van der Waals surface area contributed by atoms with Crippen LogP contribution in [-0.4, -0.2) is 29.9 Å². The van der Waals surface area contributed by atoms with Crippen molar-refractivity contribution in [1.29, 1.82) is 0 Å². The summed E-state index contributed by atoms with van der Waals surface area (Å²) in [6.07, 6.45) is 0. The highest BCUT2D eigenvalue weighted by Crippen LogP contribution is 2.27. The van der Waals surface area contributed by atoms with Gasteiger partial charge in [0.2, 0.25) is 5.89 Å². The van der Waals surface area contributed by atoms with E-state index in [0.29, 0.717) is 5.89 Å². The zero-order valence-corrected chi connectivity index (χ0v) is 12.8. The molecule has 0 atom stereocenters. The molecule has 118 valence electrons. The normalized spacial score (nSPS) is 11.3. The molecule has 0 radical (unpaired) electrons. The van der Waals surface area contributed by atoms with Crippen LogP contribution in [0.1, 0.15) is 15.9 Å². The van der Waals surface area contributed by atoms with E-state index in [1.165, 1.54) is 6.07 Å². The van der Waals surface area contributed by atoms with Crippen LogP contribution >= 0.6 is 0 Å². The summed E-state index contributed by atoms with van der Waals surface area (Å²) in [6, 6.07) is 9.97. The summed E-state index contributed by atoms with van der Waals surface area (Å²) in [6.45, 7) is 0.824. The molecule has 0 fully saturated rings. The van der Waals surface area contributed by atoms with Crippen LogP contribution in [0.15, 0.2) is 40.8 Å². The van der Waals surface area contributed by atoms with Crippen molar-refractivity contribution in [3.05, 3.63) is 53.3 Å². The summed E-state index contributed by atoms with van der Waals surface area (Å²) >= 11 is 0. The Balaban J connectivity index is 2.03. The van der Waals surface area contributed by atoms with Gasteiger partial charge in [0.25, 0.3) is 5.91 Å². The summed E-state index contributed by atoms with van der Waals surface area (Å²) in [5.74, 6) is -1.00. The van der Waals surface area contributed by atoms with E-state index >= 15 is 0 Å². The minimum Gasteiger partial charge on any atom is -0.435 e. The Labute approximate surface area is 132 Å². The Morgan fingerprint density at radius 1 is 1.26 bits per heavy atom. The Morgan fingerprint density at radius 3 is 2.57 bits per heavy atom. The number of oxazole rings is 1. The van der Waals surface area contributed by atoms with E-state index in [9.17, 15) is 9.18 Å². The zero-order chi connectivity index (χ0) is 16.6. The Hall–Kier alpha value is -2.73. The van der Waals surface area contributed by atoms with Crippen molar-refractivity contribution in [2.24, 2.45) is 5.73 Å². The molecule has 0 unspecified atom stereocenters. The summed E-state index contributed by atoms with van der Waals surface area (Å²) in [7, 11) is 3.99. The van der Waals surface area contributed by atoms with Crippen LogP contribution in [0, 0.1) is 5.82 Å². The number of benzene rings is 2. The van der Waals surface area contributed by atoms with Crippen LogP contribution in [0.4, 0.5) is 4.39 Å². The number of nitrogens with two attached hydrogens (primary N) is 1. The number of hydrogen-bond acceptors (Lipinski definition) is 4. The third kappa shape index (κ3) is 3.07. The summed E-state index contributed by atoms with van der Waals surface area (Å²) in [5, 5.41) is 0. The van der Waals surface area contributed by atoms with Crippen LogP contribution in [0.25, 0.3) is 22.6 Å². The van der Waals surface area contributed by atoms with Crippen molar-refractivity contribution in [2.75, 3.05) is 14.1 Å². The molecule has 2 N–H and O–H groups in total. The third-order valence-electron chi connectivity index (χ3n) is 3.42. The van der Waals surface area contributed by atoms with Gasteiger partial charge >= 0.3 is 0 Å². The first-order valence-corrected chi connectivity index (χ1v) is 7.08. The molecule has 0 aliphatic rings. The highest BCUT2D eigenvalue weighted by Gasteiger charge is 2.16. The van der Waals surface area contributed by atoms with E-state index in [-0.39, 0.29) is 16.7 Å². The van der Waals surface area contributed by atoms with Gasteiger partial charge in [-0.2, -0.15) is 0 Å².